The second kappa shape index (κ2) is 10.0. The number of urea groups is 1. The zero-order valence-corrected chi connectivity index (χ0v) is 21.5. The summed E-state index contributed by atoms with van der Waals surface area (Å²) in [4.78, 5) is 41.8. The van der Waals surface area contributed by atoms with Crippen molar-refractivity contribution in [2.75, 3.05) is 11.9 Å². The van der Waals surface area contributed by atoms with Gasteiger partial charge in [0.15, 0.2) is 0 Å². The summed E-state index contributed by atoms with van der Waals surface area (Å²) >= 11 is 0. The highest BCUT2D eigenvalue weighted by atomic mass is 19.1. The van der Waals surface area contributed by atoms with Gasteiger partial charge in [-0.3, -0.25) is 19.4 Å². The lowest BCUT2D eigenvalue weighted by Crippen LogP contribution is -2.62. The third kappa shape index (κ3) is 4.91. The third-order valence-electron chi connectivity index (χ3n) is 7.36. The first-order valence-corrected chi connectivity index (χ1v) is 12.6. The summed E-state index contributed by atoms with van der Waals surface area (Å²) in [6.45, 7) is 6.25. The fourth-order valence-corrected chi connectivity index (χ4v) is 5.59. The maximum Gasteiger partial charge on any atom is 0.325 e. The lowest BCUT2D eigenvalue weighted by molar-refractivity contribution is -0.135. The molecule has 10 heteroatoms. The molecule has 2 fully saturated rings. The number of carbonyl (C=O) groups is 3. The molecule has 2 aromatic carbocycles. The number of halogens is 1. The van der Waals surface area contributed by atoms with E-state index in [1.54, 1.807) is 25.1 Å². The number of likely N-dealkylation sites (tertiary alicyclic amines) is 1. The number of piperidine rings is 1. The van der Waals surface area contributed by atoms with E-state index < -0.39 is 23.3 Å². The Balaban J connectivity index is 1.44. The molecule has 4 amide bonds. The summed E-state index contributed by atoms with van der Waals surface area (Å²) in [5, 5.41) is 9.69. The molecule has 2 N–H and O–H groups in total. The molecule has 5 rings (SSSR count). The zero-order chi connectivity index (χ0) is 27.0. The van der Waals surface area contributed by atoms with E-state index in [9.17, 15) is 18.8 Å². The minimum Gasteiger partial charge on any atom is -0.361 e. The minimum atomic E-state index is -1.21. The summed E-state index contributed by atoms with van der Waals surface area (Å²) in [6, 6.07) is 15.0. The van der Waals surface area contributed by atoms with Crippen molar-refractivity contribution in [3.8, 4) is 0 Å². The Kier molecular flexibility index (Phi) is 6.75. The Labute approximate surface area is 220 Å². The molecule has 2 aliphatic heterocycles. The highest BCUT2D eigenvalue weighted by Crippen LogP contribution is 2.43. The molecule has 0 radical (unpaired) electrons. The topological polar surface area (TPSA) is 108 Å². The number of imide groups is 1. The molecule has 1 aromatic heterocycles. The van der Waals surface area contributed by atoms with Crippen LogP contribution >= 0.6 is 0 Å². The predicted octanol–water partition coefficient (Wildman–Crippen LogP) is 3.95. The van der Waals surface area contributed by atoms with Crippen LogP contribution in [-0.2, 0) is 22.7 Å². The van der Waals surface area contributed by atoms with E-state index in [0.717, 1.165) is 5.56 Å². The molecule has 3 atom stereocenters. The van der Waals surface area contributed by atoms with E-state index in [1.807, 2.05) is 31.2 Å². The molecule has 0 bridgehead atoms. The molecule has 2 aliphatic rings. The van der Waals surface area contributed by atoms with Gasteiger partial charge in [0, 0.05) is 43.7 Å². The van der Waals surface area contributed by atoms with Crippen LogP contribution in [0.5, 0.6) is 0 Å². The smallest absolute Gasteiger partial charge is 0.325 e. The maximum absolute atomic E-state index is 14.3. The Morgan fingerprint density at radius 3 is 2.61 bits per heavy atom. The Morgan fingerprint density at radius 1 is 1.18 bits per heavy atom. The molecule has 198 valence electrons. The number of rotatable bonds is 6. The highest BCUT2D eigenvalue weighted by Gasteiger charge is 2.59. The molecule has 3 heterocycles. The summed E-state index contributed by atoms with van der Waals surface area (Å²) in [6.07, 6.45) is 0.358. The second-order valence-corrected chi connectivity index (χ2v) is 10.2. The van der Waals surface area contributed by atoms with Crippen molar-refractivity contribution >= 4 is 23.5 Å². The minimum absolute atomic E-state index is 0.00162. The molecule has 0 aliphatic carbocycles. The molecule has 3 unspecified atom stereocenters. The van der Waals surface area contributed by atoms with E-state index in [1.165, 1.54) is 24.0 Å². The van der Waals surface area contributed by atoms with Crippen LogP contribution in [0.4, 0.5) is 14.9 Å². The Morgan fingerprint density at radius 2 is 1.95 bits per heavy atom. The maximum atomic E-state index is 14.3. The van der Waals surface area contributed by atoms with Crippen LogP contribution in [-0.4, -0.2) is 50.9 Å². The van der Waals surface area contributed by atoms with Gasteiger partial charge in [-0.2, -0.15) is 0 Å². The third-order valence-corrected chi connectivity index (χ3v) is 7.36. The van der Waals surface area contributed by atoms with Crippen molar-refractivity contribution < 1.29 is 23.3 Å². The lowest BCUT2D eigenvalue weighted by atomic mass is 9.71. The lowest BCUT2D eigenvalue weighted by Gasteiger charge is -2.47. The number of aryl methyl sites for hydroxylation is 1. The van der Waals surface area contributed by atoms with Gasteiger partial charge < -0.3 is 15.2 Å². The Bertz CT molecular complexity index is 1370. The quantitative estimate of drug-likeness (QED) is 0.478. The predicted molar refractivity (Wildman–Crippen MR) is 137 cm³/mol. The summed E-state index contributed by atoms with van der Waals surface area (Å²) < 4.78 is 19.5. The van der Waals surface area contributed by atoms with Crippen molar-refractivity contribution in [1.29, 1.82) is 0 Å². The van der Waals surface area contributed by atoms with Crippen molar-refractivity contribution in [3.63, 3.8) is 0 Å². The number of anilines is 1. The molecule has 3 aromatic rings. The second-order valence-electron chi connectivity index (χ2n) is 10.2. The van der Waals surface area contributed by atoms with Crippen LogP contribution in [0, 0.1) is 12.7 Å². The normalized spacial score (nSPS) is 23.6. The zero-order valence-electron chi connectivity index (χ0n) is 21.5. The number of amides is 4. The van der Waals surface area contributed by atoms with Gasteiger partial charge in [0.05, 0.1) is 6.54 Å². The first-order chi connectivity index (χ1) is 18.1. The van der Waals surface area contributed by atoms with Crippen LogP contribution in [0.2, 0.25) is 0 Å². The molecule has 38 heavy (non-hydrogen) atoms. The first-order valence-electron chi connectivity index (χ1n) is 12.6. The van der Waals surface area contributed by atoms with E-state index in [-0.39, 0.29) is 24.4 Å². The van der Waals surface area contributed by atoms with E-state index in [2.05, 4.69) is 20.7 Å². The largest absolute Gasteiger partial charge is 0.361 e. The number of carbonyl (C=O) groups excluding carboxylic acids is 3. The first kappa shape index (κ1) is 25.6. The van der Waals surface area contributed by atoms with Crippen molar-refractivity contribution in [3.05, 3.63) is 83.0 Å². The highest BCUT2D eigenvalue weighted by molar-refractivity contribution is 6.07. The molecule has 2 saturated heterocycles. The van der Waals surface area contributed by atoms with E-state index in [4.69, 9.17) is 4.52 Å². The fourth-order valence-electron chi connectivity index (χ4n) is 5.59. The summed E-state index contributed by atoms with van der Waals surface area (Å²) in [5.41, 5.74) is 1.67. The number of nitrogens with zero attached hydrogens (tertiary/aromatic N) is 3. The molecular weight excluding hydrogens is 489 g/mol. The number of aromatic nitrogens is 1. The van der Waals surface area contributed by atoms with Gasteiger partial charge in [-0.1, -0.05) is 29.4 Å². The van der Waals surface area contributed by atoms with Crippen LogP contribution in [0.15, 0.2) is 59.1 Å². The van der Waals surface area contributed by atoms with E-state index in [0.29, 0.717) is 42.2 Å². The summed E-state index contributed by atoms with van der Waals surface area (Å²) in [5.74, 6) is -0.770. The number of nitrogens with one attached hydrogen (secondary N) is 2. The van der Waals surface area contributed by atoms with Crippen LogP contribution in [0.1, 0.15) is 48.8 Å². The van der Waals surface area contributed by atoms with Gasteiger partial charge in [-0.25, -0.2) is 9.18 Å². The molecular formula is C28H30FN5O4. The SMILES string of the molecule is CC(=O)Nc1ccc(CN2CC(c3cccc(F)c3)C3(CC2C)NC(=O)N(Cc2cc(C)on2)C3=O)cc1. The van der Waals surface area contributed by atoms with Crippen LogP contribution in [0.25, 0.3) is 0 Å². The van der Waals surface area contributed by atoms with Crippen molar-refractivity contribution in [1.82, 2.24) is 20.3 Å². The Hall–Kier alpha value is -4.05. The fraction of sp³-hybridized carbons (Fsp3) is 0.357. The van der Waals surface area contributed by atoms with Gasteiger partial charge in [-0.05, 0) is 55.7 Å². The van der Waals surface area contributed by atoms with Crippen LogP contribution in [0.3, 0.4) is 0 Å². The molecule has 9 nitrogen and oxygen atoms in total. The van der Waals surface area contributed by atoms with Gasteiger partial charge in [0.2, 0.25) is 5.91 Å². The van der Waals surface area contributed by atoms with Gasteiger partial charge in [0.25, 0.3) is 5.91 Å². The van der Waals surface area contributed by atoms with Crippen LogP contribution < -0.4 is 10.6 Å². The monoisotopic (exact) mass is 519 g/mol. The standard InChI is InChI=1S/C28H30FN5O4/c1-17-13-28(26(36)34(27(37)31-28)15-24-11-18(2)38-32-24)25(21-5-4-6-22(29)12-21)16-33(17)14-20-7-9-23(10-8-20)30-19(3)35/h4-12,17,25H,13-16H2,1-3H3,(H,30,35)(H,31,37). The van der Waals surface area contributed by atoms with E-state index >= 15 is 0 Å². The molecule has 0 saturated carbocycles. The number of hydrogen-bond donors (Lipinski definition) is 2. The molecule has 1 spiro atoms. The average molecular weight is 520 g/mol. The van der Waals surface area contributed by atoms with Crippen molar-refractivity contribution in [2.45, 2.75) is 57.8 Å². The number of hydrogen-bond acceptors (Lipinski definition) is 6. The summed E-state index contributed by atoms with van der Waals surface area (Å²) in [7, 11) is 0. The van der Waals surface area contributed by atoms with Gasteiger partial charge in [-0.15, -0.1) is 0 Å². The van der Waals surface area contributed by atoms with Crippen molar-refractivity contribution in [2.24, 2.45) is 0 Å². The number of benzene rings is 2. The van der Waals surface area contributed by atoms with Gasteiger partial charge in [0.1, 0.15) is 22.8 Å². The average Bonchev–Trinajstić information content (AvgIpc) is 3.38. The van der Waals surface area contributed by atoms with Gasteiger partial charge >= 0.3 is 6.03 Å².